The largest absolute Gasteiger partial charge is 0.444 e. The average Bonchev–Trinajstić information content (AvgIpc) is 2.91. The molecule has 1 aliphatic carbocycles. The summed E-state index contributed by atoms with van der Waals surface area (Å²) < 4.78 is 5.54. The van der Waals surface area contributed by atoms with Gasteiger partial charge in [0.05, 0.1) is 5.41 Å². The van der Waals surface area contributed by atoms with Gasteiger partial charge in [-0.25, -0.2) is 4.79 Å². The molecule has 2 aliphatic heterocycles. The van der Waals surface area contributed by atoms with Crippen molar-refractivity contribution in [3.8, 4) is 0 Å². The van der Waals surface area contributed by atoms with Gasteiger partial charge < -0.3 is 14.5 Å². The monoisotopic (exact) mass is 398 g/mol. The molecule has 1 saturated carbocycles. The molecule has 0 bridgehead atoms. The first-order valence-corrected chi connectivity index (χ1v) is 11.2. The third-order valence-electron chi connectivity index (χ3n) is 6.80. The van der Waals surface area contributed by atoms with Crippen LogP contribution in [0.2, 0.25) is 0 Å². The Morgan fingerprint density at radius 1 is 1.10 bits per heavy atom. The van der Waals surface area contributed by atoms with Gasteiger partial charge in [0, 0.05) is 25.3 Å². The predicted octanol–water partition coefficient (Wildman–Crippen LogP) is 4.88. The number of benzene rings is 1. The molecule has 1 spiro atoms. The van der Waals surface area contributed by atoms with Crippen molar-refractivity contribution in [2.45, 2.75) is 76.7 Å². The first kappa shape index (κ1) is 20.2. The third-order valence-corrected chi connectivity index (χ3v) is 6.80. The van der Waals surface area contributed by atoms with Gasteiger partial charge in [-0.2, -0.15) is 0 Å². The number of ether oxygens (including phenoxy) is 1. The zero-order chi connectivity index (χ0) is 20.6. The van der Waals surface area contributed by atoms with Crippen molar-refractivity contribution in [3.05, 3.63) is 29.8 Å². The number of piperidine rings is 1. The van der Waals surface area contributed by atoms with Crippen LogP contribution in [-0.2, 0) is 14.9 Å². The lowest BCUT2D eigenvalue weighted by atomic mass is 9.73. The number of carbonyl (C=O) groups is 2. The summed E-state index contributed by atoms with van der Waals surface area (Å²) in [5.74, 6) is 0.853. The summed E-state index contributed by atoms with van der Waals surface area (Å²) in [7, 11) is 0. The molecule has 1 aromatic carbocycles. The third kappa shape index (κ3) is 3.88. The van der Waals surface area contributed by atoms with E-state index in [9.17, 15) is 9.59 Å². The standard InChI is InChI=1S/C24H34N2O3/c1-23(2,3)29-22(28)25-15-13-24(14-16-25)19-11-7-8-12-20(19)26(21(24)27)17-18-9-5-4-6-10-18/h7-8,11-12,18H,4-6,9-10,13-17H2,1-3H3. The minimum atomic E-state index is -0.501. The summed E-state index contributed by atoms with van der Waals surface area (Å²) in [4.78, 5) is 30.0. The van der Waals surface area contributed by atoms with E-state index in [4.69, 9.17) is 4.74 Å². The Morgan fingerprint density at radius 3 is 2.41 bits per heavy atom. The highest BCUT2D eigenvalue weighted by Crippen LogP contribution is 2.48. The molecule has 0 N–H and O–H groups in total. The van der Waals surface area contributed by atoms with Crippen LogP contribution in [0.5, 0.6) is 0 Å². The fourth-order valence-corrected chi connectivity index (χ4v) is 5.29. The van der Waals surface area contributed by atoms with Crippen LogP contribution >= 0.6 is 0 Å². The molecule has 0 atom stereocenters. The number of likely N-dealkylation sites (tertiary alicyclic amines) is 1. The number of hydrogen-bond donors (Lipinski definition) is 0. The Balaban J connectivity index is 1.52. The summed E-state index contributed by atoms with van der Waals surface area (Å²) in [6, 6.07) is 8.30. The van der Waals surface area contributed by atoms with Crippen LogP contribution in [0.25, 0.3) is 0 Å². The number of amides is 2. The second-order valence-electron chi connectivity index (χ2n) is 9.99. The maximum Gasteiger partial charge on any atom is 0.410 e. The lowest BCUT2D eigenvalue weighted by Gasteiger charge is -2.39. The topological polar surface area (TPSA) is 49.9 Å². The quantitative estimate of drug-likeness (QED) is 0.713. The number of rotatable bonds is 2. The van der Waals surface area contributed by atoms with Crippen molar-refractivity contribution >= 4 is 17.7 Å². The van der Waals surface area contributed by atoms with Crippen LogP contribution in [0.15, 0.2) is 24.3 Å². The molecule has 2 heterocycles. The van der Waals surface area contributed by atoms with Gasteiger partial charge in [0.25, 0.3) is 0 Å². The molecule has 4 rings (SSSR count). The van der Waals surface area contributed by atoms with Crippen molar-refractivity contribution in [1.29, 1.82) is 0 Å². The molecule has 1 saturated heterocycles. The van der Waals surface area contributed by atoms with Crippen LogP contribution in [0.1, 0.15) is 71.3 Å². The van der Waals surface area contributed by atoms with Crippen molar-refractivity contribution in [2.75, 3.05) is 24.5 Å². The normalized spacial score (nSPS) is 22.1. The van der Waals surface area contributed by atoms with Crippen molar-refractivity contribution in [3.63, 3.8) is 0 Å². The molecule has 0 aromatic heterocycles. The highest BCUT2D eigenvalue weighted by atomic mass is 16.6. The van der Waals surface area contributed by atoms with E-state index in [0.717, 1.165) is 17.8 Å². The van der Waals surface area contributed by atoms with E-state index in [1.54, 1.807) is 4.90 Å². The van der Waals surface area contributed by atoms with Crippen molar-refractivity contribution in [1.82, 2.24) is 4.90 Å². The van der Waals surface area contributed by atoms with E-state index in [0.29, 0.717) is 31.8 Å². The number of fused-ring (bicyclic) bond motifs is 2. The Kier molecular flexibility index (Phi) is 5.34. The summed E-state index contributed by atoms with van der Waals surface area (Å²) in [5.41, 5.74) is 1.26. The summed E-state index contributed by atoms with van der Waals surface area (Å²) in [6.07, 6.45) is 7.41. The zero-order valence-electron chi connectivity index (χ0n) is 18.1. The fourth-order valence-electron chi connectivity index (χ4n) is 5.29. The van der Waals surface area contributed by atoms with Crippen molar-refractivity contribution < 1.29 is 14.3 Å². The van der Waals surface area contributed by atoms with Gasteiger partial charge in [-0.1, -0.05) is 37.5 Å². The molecular formula is C24H34N2O3. The Bertz CT molecular complexity index is 769. The smallest absolute Gasteiger partial charge is 0.410 e. The van der Waals surface area contributed by atoms with Gasteiger partial charge in [0.2, 0.25) is 5.91 Å². The van der Waals surface area contributed by atoms with E-state index in [2.05, 4.69) is 17.0 Å². The Morgan fingerprint density at radius 2 is 1.76 bits per heavy atom. The van der Waals surface area contributed by atoms with Gasteiger partial charge >= 0.3 is 6.09 Å². The van der Waals surface area contributed by atoms with E-state index in [1.165, 1.54) is 32.1 Å². The van der Waals surface area contributed by atoms with E-state index in [1.807, 2.05) is 32.9 Å². The van der Waals surface area contributed by atoms with Crippen LogP contribution in [-0.4, -0.2) is 42.1 Å². The van der Waals surface area contributed by atoms with Gasteiger partial charge in [0.15, 0.2) is 0 Å². The van der Waals surface area contributed by atoms with Gasteiger partial charge in [0.1, 0.15) is 5.60 Å². The van der Waals surface area contributed by atoms with Crippen LogP contribution in [0, 0.1) is 5.92 Å². The number of para-hydroxylation sites is 1. The molecule has 5 heteroatoms. The second kappa shape index (κ2) is 7.66. The average molecular weight is 399 g/mol. The summed E-state index contributed by atoms with van der Waals surface area (Å²) in [5, 5.41) is 0. The summed E-state index contributed by atoms with van der Waals surface area (Å²) in [6.45, 7) is 7.62. The molecule has 2 amide bonds. The lowest BCUT2D eigenvalue weighted by molar-refractivity contribution is -0.125. The molecule has 29 heavy (non-hydrogen) atoms. The molecule has 3 aliphatic rings. The van der Waals surface area contributed by atoms with Crippen molar-refractivity contribution in [2.24, 2.45) is 5.92 Å². The molecule has 1 aromatic rings. The minimum absolute atomic E-state index is 0.244. The molecule has 0 radical (unpaired) electrons. The fraction of sp³-hybridized carbons (Fsp3) is 0.667. The van der Waals surface area contributed by atoms with Gasteiger partial charge in [-0.3, -0.25) is 4.79 Å². The number of nitrogens with zero attached hydrogens (tertiary/aromatic N) is 2. The maximum absolute atomic E-state index is 13.7. The maximum atomic E-state index is 13.7. The first-order valence-electron chi connectivity index (χ1n) is 11.2. The second-order valence-corrected chi connectivity index (χ2v) is 9.99. The van der Waals surface area contributed by atoms with Crippen LogP contribution < -0.4 is 4.90 Å². The molecule has 2 fully saturated rings. The Labute approximate surface area is 174 Å². The predicted molar refractivity (Wildman–Crippen MR) is 114 cm³/mol. The van der Waals surface area contributed by atoms with Gasteiger partial charge in [-0.05, 0) is 64.0 Å². The molecule has 0 unspecified atom stereocenters. The number of carbonyl (C=O) groups excluding carboxylic acids is 2. The number of anilines is 1. The van der Waals surface area contributed by atoms with Gasteiger partial charge in [-0.15, -0.1) is 0 Å². The SMILES string of the molecule is CC(C)(C)OC(=O)N1CCC2(CC1)C(=O)N(CC1CCCCC1)c1ccccc12. The van der Waals surface area contributed by atoms with E-state index < -0.39 is 11.0 Å². The van der Waals surface area contributed by atoms with Crippen LogP contribution in [0.4, 0.5) is 10.5 Å². The van der Waals surface area contributed by atoms with E-state index in [-0.39, 0.29) is 12.0 Å². The molecule has 5 nitrogen and oxygen atoms in total. The first-order chi connectivity index (χ1) is 13.8. The molecular weight excluding hydrogens is 364 g/mol. The molecule has 158 valence electrons. The van der Waals surface area contributed by atoms with E-state index >= 15 is 0 Å². The highest BCUT2D eigenvalue weighted by Gasteiger charge is 2.52. The van der Waals surface area contributed by atoms with Crippen LogP contribution in [0.3, 0.4) is 0 Å². The lowest BCUT2D eigenvalue weighted by Crippen LogP contribution is -2.51. The summed E-state index contributed by atoms with van der Waals surface area (Å²) >= 11 is 0. The zero-order valence-corrected chi connectivity index (χ0v) is 18.1. The Hall–Kier alpha value is -2.04. The highest BCUT2D eigenvalue weighted by molar-refractivity contribution is 6.08. The number of hydrogen-bond acceptors (Lipinski definition) is 3. The minimum Gasteiger partial charge on any atom is -0.444 e.